The molecule has 0 nitrogen and oxygen atoms in total. The van der Waals surface area contributed by atoms with Crippen LogP contribution in [-0.4, -0.2) is 5.33 Å². The first kappa shape index (κ1) is 20.2. The molecule has 0 aromatic rings. The van der Waals surface area contributed by atoms with Crippen molar-refractivity contribution in [3.63, 3.8) is 0 Å². The van der Waals surface area contributed by atoms with Crippen molar-refractivity contribution in [3.8, 4) is 0 Å². The molecule has 0 saturated heterocycles. The van der Waals surface area contributed by atoms with Crippen LogP contribution in [0.3, 0.4) is 0 Å². The van der Waals surface area contributed by atoms with Gasteiger partial charge in [-0.05, 0) is 50.7 Å². The van der Waals surface area contributed by atoms with Gasteiger partial charge in [0.1, 0.15) is 0 Å². The molecular formula is C20H31Br. The summed E-state index contributed by atoms with van der Waals surface area (Å²) in [6, 6.07) is 0. The maximum absolute atomic E-state index is 3.39. The Morgan fingerprint density at radius 1 is 0.714 bits per heavy atom. The summed E-state index contributed by atoms with van der Waals surface area (Å²) >= 11 is 3.39. The van der Waals surface area contributed by atoms with Crippen LogP contribution >= 0.6 is 15.9 Å². The number of hydrogen-bond donors (Lipinski definition) is 0. The Morgan fingerprint density at radius 2 is 1.38 bits per heavy atom. The molecule has 0 bridgehead atoms. The highest BCUT2D eigenvalue weighted by atomic mass is 79.9. The number of alkyl halides is 1. The van der Waals surface area contributed by atoms with Gasteiger partial charge in [0.2, 0.25) is 0 Å². The maximum Gasteiger partial charge on any atom is 0.00719 e. The molecule has 0 fully saturated rings. The molecular weight excluding hydrogens is 320 g/mol. The zero-order valence-electron chi connectivity index (χ0n) is 13.6. The smallest absolute Gasteiger partial charge is 0.00719 e. The Bertz CT molecular complexity index is 341. The van der Waals surface area contributed by atoms with Crippen LogP contribution in [-0.2, 0) is 0 Å². The zero-order chi connectivity index (χ0) is 15.4. The highest BCUT2D eigenvalue weighted by molar-refractivity contribution is 9.09. The fourth-order valence-electron chi connectivity index (χ4n) is 1.80. The zero-order valence-corrected chi connectivity index (χ0v) is 15.2. The second kappa shape index (κ2) is 19.2. The van der Waals surface area contributed by atoms with Crippen molar-refractivity contribution in [2.75, 3.05) is 5.33 Å². The lowest BCUT2D eigenvalue weighted by molar-refractivity contribution is 0.674. The summed E-state index contributed by atoms with van der Waals surface area (Å²) in [4.78, 5) is 0. The molecule has 1 heteroatoms. The number of unbranched alkanes of at least 4 members (excludes halogenated alkanes) is 4. The first-order chi connectivity index (χ1) is 10.4. The highest BCUT2D eigenvalue weighted by Crippen LogP contribution is 2.03. The van der Waals surface area contributed by atoms with Crippen LogP contribution in [0, 0.1) is 0 Å². The van der Waals surface area contributed by atoms with E-state index in [1.165, 1.54) is 32.1 Å². The Hall–Kier alpha value is -0.780. The van der Waals surface area contributed by atoms with Gasteiger partial charge in [0, 0.05) is 5.33 Å². The van der Waals surface area contributed by atoms with Crippen molar-refractivity contribution in [2.45, 2.75) is 64.7 Å². The Kier molecular flexibility index (Phi) is 18.5. The van der Waals surface area contributed by atoms with E-state index in [1.54, 1.807) is 0 Å². The minimum atomic E-state index is 0.976. The van der Waals surface area contributed by atoms with Crippen molar-refractivity contribution in [1.82, 2.24) is 0 Å². The molecule has 0 rings (SSSR count). The molecule has 0 saturated carbocycles. The van der Waals surface area contributed by atoms with E-state index in [1.807, 2.05) is 0 Å². The number of hydrogen-bond acceptors (Lipinski definition) is 0. The molecule has 0 aliphatic carbocycles. The fourth-order valence-corrected chi connectivity index (χ4v) is 2.03. The predicted octanol–water partition coefficient (Wildman–Crippen LogP) is 7.29. The van der Waals surface area contributed by atoms with E-state index in [0.717, 1.165) is 31.0 Å². The summed E-state index contributed by atoms with van der Waals surface area (Å²) < 4.78 is 0. The van der Waals surface area contributed by atoms with E-state index in [0.29, 0.717) is 0 Å². The topological polar surface area (TPSA) is 0 Å². The molecule has 0 amide bonds. The quantitative estimate of drug-likeness (QED) is 0.141. The third-order valence-electron chi connectivity index (χ3n) is 3.01. The van der Waals surface area contributed by atoms with E-state index >= 15 is 0 Å². The van der Waals surface area contributed by atoms with Crippen molar-refractivity contribution >= 4 is 15.9 Å². The third kappa shape index (κ3) is 19.2. The first-order valence-electron chi connectivity index (χ1n) is 8.32. The largest absolute Gasteiger partial charge is 0.129 e. The molecule has 0 heterocycles. The van der Waals surface area contributed by atoms with Crippen LogP contribution in [0.15, 0.2) is 54.3 Å². The summed E-state index contributed by atoms with van der Waals surface area (Å²) in [6.45, 7) is 2.26. The highest BCUT2D eigenvalue weighted by Gasteiger charge is 1.83. The van der Waals surface area contributed by atoms with Gasteiger partial charge in [0.15, 0.2) is 0 Å². The van der Waals surface area contributed by atoms with Crippen molar-refractivity contribution in [3.05, 3.63) is 54.3 Å². The van der Waals surface area contributed by atoms with Gasteiger partial charge < -0.3 is 0 Å². The van der Waals surface area contributed by atoms with E-state index in [4.69, 9.17) is 0 Å². The summed E-state index contributed by atoms with van der Waals surface area (Å²) in [5, 5.41) is 1.02. The Balaban J connectivity index is 3.43. The number of allylic oxidation sites excluding steroid dienone is 7. The maximum atomic E-state index is 3.39. The van der Waals surface area contributed by atoms with Gasteiger partial charge in [-0.2, -0.15) is 0 Å². The molecule has 0 aromatic heterocycles. The first-order valence-corrected chi connectivity index (χ1v) is 9.44. The molecule has 0 N–H and O–H groups in total. The van der Waals surface area contributed by atoms with Gasteiger partial charge in [-0.1, -0.05) is 78.6 Å². The van der Waals surface area contributed by atoms with Gasteiger partial charge in [-0.15, -0.1) is 5.73 Å². The predicted molar refractivity (Wildman–Crippen MR) is 101 cm³/mol. The molecule has 0 spiro atoms. The summed E-state index contributed by atoms with van der Waals surface area (Å²) in [5.74, 6) is 0. The van der Waals surface area contributed by atoms with Gasteiger partial charge in [-0.3, -0.25) is 0 Å². The van der Waals surface area contributed by atoms with Gasteiger partial charge in [0.05, 0.1) is 0 Å². The normalized spacial score (nSPS) is 11.5. The van der Waals surface area contributed by atoms with E-state index in [2.05, 4.69) is 77.2 Å². The molecule has 0 radical (unpaired) electrons. The van der Waals surface area contributed by atoms with Crippen LogP contribution in [0.5, 0.6) is 0 Å². The average Bonchev–Trinajstić information content (AvgIpc) is 2.50. The lowest BCUT2D eigenvalue weighted by atomic mass is 10.1. The summed E-state index contributed by atoms with van der Waals surface area (Å²) in [7, 11) is 0. The Morgan fingerprint density at radius 3 is 2.05 bits per heavy atom. The van der Waals surface area contributed by atoms with Crippen LogP contribution in [0.2, 0.25) is 0 Å². The standard InChI is InChI=1S/C20H31Br/c1-2-3-4-5-6-7-8-9-10-11-12-13-14-15-16-17-18-19-20-21/h7-8,10-11,13-14,16,18H,2-6,9,12,15,19-20H2,1H3. The van der Waals surface area contributed by atoms with E-state index in [9.17, 15) is 0 Å². The third-order valence-corrected chi connectivity index (χ3v) is 3.47. The minimum absolute atomic E-state index is 0.976. The fraction of sp³-hybridized carbons (Fsp3) is 0.550. The molecule has 0 unspecified atom stereocenters. The molecule has 118 valence electrons. The Labute approximate surface area is 140 Å². The minimum Gasteiger partial charge on any atom is -0.129 e. The monoisotopic (exact) mass is 350 g/mol. The molecule has 0 atom stereocenters. The van der Waals surface area contributed by atoms with E-state index < -0.39 is 0 Å². The summed E-state index contributed by atoms with van der Waals surface area (Å²) in [6.07, 6.45) is 28.4. The lowest BCUT2D eigenvalue weighted by Crippen LogP contribution is -1.73. The van der Waals surface area contributed by atoms with Crippen molar-refractivity contribution < 1.29 is 0 Å². The number of halogens is 1. The van der Waals surface area contributed by atoms with Crippen LogP contribution in [0.4, 0.5) is 0 Å². The second-order valence-electron chi connectivity index (χ2n) is 5.02. The lowest BCUT2D eigenvalue weighted by Gasteiger charge is -1.93. The molecule has 21 heavy (non-hydrogen) atoms. The summed E-state index contributed by atoms with van der Waals surface area (Å²) in [5.41, 5.74) is 3.17. The SMILES string of the molecule is CCCCCCC=CCC=CCC=CCC=C=CCCBr. The second-order valence-corrected chi connectivity index (χ2v) is 5.82. The van der Waals surface area contributed by atoms with Crippen molar-refractivity contribution in [1.29, 1.82) is 0 Å². The van der Waals surface area contributed by atoms with Gasteiger partial charge in [-0.25, -0.2) is 0 Å². The van der Waals surface area contributed by atoms with Crippen LogP contribution < -0.4 is 0 Å². The molecule has 0 aliphatic rings. The van der Waals surface area contributed by atoms with E-state index in [-0.39, 0.29) is 0 Å². The number of rotatable bonds is 13. The van der Waals surface area contributed by atoms with Crippen molar-refractivity contribution in [2.24, 2.45) is 0 Å². The van der Waals surface area contributed by atoms with Gasteiger partial charge in [0.25, 0.3) is 0 Å². The van der Waals surface area contributed by atoms with Gasteiger partial charge >= 0.3 is 0 Å². The van der Waals surface area contributed by atoms with Crippen LogP contribution in [0.1, 0.15) is 64.7 Å². The molecule has 0 aromatic carbocycles. The molecule has 0 aliphatic heterocycles. The average molecular weight is 351 g/mol. The van der Waals surface area contributed by atoms with Crippen LogP contribution in [0.25, 0.3) is 0 Å².